The topological polar surface area (TPSA) is 62.5 Å². The number of pyridine rings is 1. The highest BCUT2D eigenvalue weighted by molar-refractivity contribution is 6.09. The molecule has 1 heterocycles. The van der Waals surface area contributed by atoms with Crippen molar-refractivity contribution in [2.24, 2.45) is 7.05 Å². The highest BCUT2D eigenvalue weighted by Crippen LogP contribution is 2.37. The zero-order valence-corrected chi connectivity index (χ0v) is 21.1. The molecule has 1 aromatic heterocycles. The van der Waals surface area contributed by atoms with Crippen molar-refractivity contribution < 1.29 is 9.90 Å². The van der Waals surface area contributed by atoms with E-state index in [2.05, 4.69) is 41.3 Å². The molecule has 5 heteroatoms. The molecule has 38 heavy (non-hydrogen) atoms. The molecule has 188 valence electrons. The van der Waals surface area contributed by atoms with Crippen molar-refractivity contribution in [1.29, 1.82) is 0 Å². The molecule has 0 fully saturated rings. The number of ketones is 1. The Bertz CT molecular complexity index is 1600. The van der Waals surface area contributed by atoms with Gasteiger partial charge in [-0.05, 0) is 54.5 Å². The first-order valence-electron chi connectivity index (χ1n) is 12.5. The van der Waals surface area contributed by atoms with Crippen molar-refractivity contribution in [3.8, 4) is 5.75 Å². The molecule has 5 nitrogen and oxygen atoms in total. The standard InChI is InChI=1S/C33H28N2O3/c1-34-29-21-12-11-20-27(29)32(37)31(33(34)38)30(36)23-13-22-28(24-14-5-2-6-15-24)35(25-16-7-3-8-17-25)26-18-9-4-10-19-26/h2-21,23,28,37H,22H2,1H3. The van der Waals surface area contributed by atoms with Crippen LogP contribution in [0.2, 0.25) is 0 Å². The highest BCUT2D eigenvalue weighted by Gasteiger charge is 2.23. The Hall–Kier alpha value is -4.90. The van der Waals surface area contributed by atoms with Crippen molar-refractivity contribution >= 4 is 28.1 Å². The maximum absolute atomic E-state index is 13.2. The lowest BCUT2D eigenvalue weighted by molar-refractivity contribution is 0.104. The average molecular weight is 501 g/mol. The number of benzene rings is 4. The van der Waals surface area contributed by atoms with Crippen LogP contribution in [0.5, 0.6) is 5.75 Å². The summed E-state index contributed by atoms with van der Waals surface area (Å²) in [7, 11) is 1.60. The molecule has 0 aliphatic heterocycles. The average Bonchev–Trinajstić information content (AvgIpc) is 2.97. The van der Waals surface area contributed by atoms with Crippen LogP contribution in [0.15, 0.2) is 132 Å². The Morgan fingerprint density at radius 2 is 1.34 bits per heavy atom. The monoisotopic (exact) mass is 500 g/mol. The molecule has 0 bridgehead atoms. The number of carbonyl (C=O) groups is 1. The van der Waals surface area contributed by atoms with E-state index < -0.39 is 11.3 Å². The van der Waals surface area contributed by atoms with E-state index >= 15 is 0 Å². The van der Waals surface area contributed by atoms with Crippen LogP contribution in [0.25, 0.3) is 10.9 Å². The lowest BCUT2D eigenvalue weighted by Crippen LogP contribution is -2.24. The molecule has 5 aromatic rings. The summed E-state index contributed by atoms with van der Waals surface area (Å²) in [6, 6.07) is 37.3. The lowest BCUT2D eigenvalue weighted by Gasteiger charge is -2.34. The van der Waals surface area contributed by atoms with Crippen LogP contribution in [0.1, 0.15) is 28.4 Å². The van der Waals surface area contributed by atoms with Gasteiger partial charge in [0.15, 0.2) is 5.78 Å². The molecule has 1 atom stereocenters. The number of aryl methyl sites for hydroxylation is 1. The predicted octanol–water partition coefficient (Wildman–Crippen LogP) is 6.95. The number of aromatic nitrogens is 1. The van der Waals surface area contributed by atoms with Crippen LogP contribution in [-0.2, 0) is 7.05 Å². The van der Waals surface area contributed by atoms with Gasteiger partial charge in [-0.2, -0.15) is 0 Å². The first-order chi connectivity index (χ1) is 18.6. The van der Waals surface area contributed by atoms with E-state index in [0.29, 0.717) is 17.3 Å². The van der Waals surface area contributed by atoms with Crippen LogP contribution in [0.4, 0.5) is 11.4 Å². The Morgan fingerprint density at radius 3 is 1.95 bits per heavy atom. The number of para-hydroxylation sites is 3. The number of nitrogens with zero attached hydrogens (tertiary/aromatic N) is 2. The third kappa shape index (κ3) is 4.87. The number of aromatic hydroxyl groups is 1. The molecule has 1 N–H and O–H groups in total. The van der Waals surface area contributed by atoms with Gasteiger partial charge in [0, 0.05) is 23.8 Å². The number of anilines is 2. The van der Waals surface area contributed by atoms with E-state index in [4.69, 9.17) is 0 Å². The Kier molecular flexibility index (Phi) is 7.18. The molecular formula is C33H28N2O3. The Balaban J connectivity index is 1.53. The number of hydrogen-bond acceptors (Lipinski definition) is 4. The first-order valence-corrected chi connectivity index (χ1v) is 12.5. The number of hydrogen-bond donors (Lipinski definition) is 1. The van der Waals surface area contributed by atoms with Gasteiger partial charge in [-0.1, -0.05) is 84.9 Å². The maximum Gasteiger partial charge on any atom is 0.265 e. The lowest BCUT2D eigenvalue weighted by atomic mass is 9.99. The van der Waals surface area contributed by atoms with Crippen molar-refractivity contribution in [3.05, 3.63) is 149 Å². The summed E-state index contributed by atoms with van der Waals surface area (Å²) >= 11 is 0. The second-order valence-electron chi connectivity index (χ2n) is 9.07. The van der Waals surface area contributed by atoms with Gasteiger partial charge in [0.2, 0.25) is 0 Å². The molecule has 0 saturated carbocycles. The van der Waals surface area contributed by atoms with Crippen molar-refractivity contribution in [2.45, 2.75) is 12.5 Å². The number of fused-ring (bicyclic) bond motifs is 1. The van der Waals surface area contributed by atoms with Gasteiger partial charge in [0.25, 0.3) is 5.56 Å². The van der Waals surface area contributed by atoms with E-state index in [1.54, 1.807) is 37.4 Å². The zero-order valence-electron chi connectivity index (χ0n) is 21.1. The molecule has 4 aromatic carbocycles. The number of allylic oxidation sites excluding steroid dienone is 1. The number of rotatable bonds is 8. The van der Waals surface area contributed by atoms with Gasteiger partial charge >= 0.3 is 0 Å². The molecule has 5 rings (SSSR count). The first kappa shape index (κ1) is 24.8. The number of carbonyl (C=O) groups excluding carboxylic acids is 1. The van der Waals surface area contributed by atoms with Gasteiger partial charge in [0.1, 0.15) is 11.3 Å². The largest absolute Gasteiger partial charge is 0.506 e. The van der Waals surface area contributed by atoms with E-state index in [1.807, 2.05) is 54.6 Å². The van der Waals surface area contributed by atoms with Crippen LogP contribution in [0.3, 0.4) is 0 Å². The van der Waals surface area contributed by atoms with E-state index in [9.17, 15) is 14.7 Å². The molecule has 0 amide bonds. The van der Waals surface area contributed by atoms with E-state index in [1.165, 1.54) is 10.6 Å². The van der Waals surface area contributed by atoms with E-state index in [0.717, 1.165) is 16.9 Å². The molecule has 0 aliphatic rings. The third-order valence-electron chi connectivity index (χ3n) is 6.72. The Morgan fingerprint density at radius 1 is 0.816 bits per heavy atom. The summed E-state index contributed by atoms with van der Waals surface area (Å²) in [5.74, 6) is -0.806. The van der Waals surface area contributed by atoms with Gasteiger partial charge in [-0.3, -0.25) is 9.59 Å². The second-order valence-corrected chi connectivity index (χ2v) is 9.07. The van der Waals surface area contributed by atoms with Crippen LogP contribution in [-0.4, -0.2) is 15.5 Å². The van der Waals surface area contributed by atoms with E-state index in [-0.39, 0.29) is 17.4 Å². The Labute approximate surface area is 221 Å². The molecule has 1 unspecified atom stereocenters. The molecule has 0 aliphatic carbocycles. The maximum atomic E-state index is 13.2. The summed E-state index contributed by atoms with van der Waals surface area (Å²) in [5.41, 5.74) is 2.96. The zero-order chi connectivity index (χ0) is 26.5. The summed E-state index contributed by atoms with van der Waals surface area (Å²) in [4.78, 5) is 28.5. The van der Waals surface area contributed by atoms with Gasteiger partial charge in [-0.15, -0.1) is 0 Å². The fraction of sp³-hybridized carbons (Fsp3) is 0.0909. The SMILES string of the molecule is Cn1c(=O)c(C(=O)C=CCC(c2ccccc2)N(c2ccccc2)c2ccccc2)c(O)c2ccccc21. The summed E-state index contributed by atoms with van der Waals surface area (Å²) in [6.45, 7) is 0. The molecular weight excluding hydrogens is 472 g/mol. The minimum absolute atomic E-state index is 0.127. The normalized spacial score (nSPS) is 12.0. The van der Waals surface area contributed by atoms with Crippen LogP contribution >= 0.6 is 0 Å². The van der Waals surface area contributed by atoms with Crippen molar-refractivity contribution in [1.82, 2.24) is 4.57 Å². The fourth-order valence-electron chi connectivity index (χ4n) is 4.84. The van der Waals surface area contributed by atoms with Crippen molar-refractivity contribution in [3.63, 3.8) is 0 Å². The minimum Gasteiger partial charge on any atom is -0.506 e. The molecule has 0 radical (unpaired) electrons. The third-order valence-corrected chi connectivity index (χ3v) is 6.72. The summed E-state index contributed by atoms with van der Waals surface area (Å²) in [5, 5.41) is 11.3. The molecule has 0 spiro atoms. The smallest absolute Gasteiger partial charge is 0.265 e. The van der Waals surface area contributed by atoms with Gasteiger partial charge < -0.3 is 14.6 Å². The molecule has 0 saturated heterocycles. The summed E-state index contributed by atoms with van der Waals surface area (Å²) in [6.07, 6.45) is 3.68. The van der Waals surface area contributed by atoms with Crippen LogP contribution in [0, 0.1) is 0 Å². The van der Waals surface area contributed by atoms with Crippen LogP contribution < -0.4 is 10.5 Å². The second kappa shape index (κ2) is 11.0. The fourth-order valence-corrected chi connectivity index (χ4v) is 4.84. The predicted molar refractivity (Wildman–Crippen MR) is 153 cm³/mol. The van der Waals surface area contributed by atoms with Gasteiger partial charge in [-0.25, -0.2) is 0 Å². The van der Waals surface area contributed by atoms with Crippen molar-refractivity contribution in [2.75, 3.05) is 4.90 Å². The summed E-state index contributed by atoms with van der Waals surface area (Å²) < 4.78 is 1.40. The quantitative estimate of drug-likeness (QED) is 0.185. The van der Waals surface area contributed by atoms with Gasteiger partial charge in [0.05, 0.1) is 11.6 Å². The highest BCUT2D eigenvalue weighted by atomic mass is 16.3. The minimum atomic E-state index is -0.523.